The number of halogens is 1. The van der Waals surface area contributed by atoms with Crippen molar-refractivity contribution in [2.75, 3.05) is 5.32 Å². The molecule has 1 amide bonds. The van der Waals surface area contributed by atoms with Crippen molar-refractivity contribution in [3.8, 4) is 0 Å². The molecule has 2 unspecified atom stereocenters. The van der Waals surface area contributed by atoms with E-state index in [1.807, 2.05) is 0 Å². The van der Waals surface area contributed by atoms with Crippen molar-refractivity contribution in [1.82, 2.24) is 0 Å². The summed E-state index contributed by atoms with van der Waals surface area (Å²) in [6.07, 6.45) is 2.33. The Bertz CT molecular complexity index is 564. The van der Waals surface area contributed by atoms with Gasteiger partial charge in [-0.05, 0) is 31.9 Å². The molecule has 0 aliphatic heterocycles. The van der Waals surface area contributed by atoms with Gasteiger partial charge in [0.05, 0.1) is 10.3 Å². The van der Waals surface area contributed by atoms with Crippen LogP contribution in [-0.4, -0.2) is 16.9 Å². The molecule has 1 fully saturated rings. The molecule has 108 valence electrons. The van der Waals surface area contributed by atoms with E-state index < -0.39 is 10.3 Å². The maximum Gasteiger partial charge on any atom is 0.292 e. The molecule has 2 atom stereocenters. The van der Waals surface area contributed by atoms with Crippen molar-refractivity contribution >= 4 is 28.9 Å². The van der Waals surface area contributed by atoms with E-state index in [1.165, 1.54) is 18.2 Å². The number of hydrogen-bond donors (Lipinski definition) is 2. The van der Waals surface area contributed by atoms with Crippen molar-refractivity contribution in [3.63, 3.8) is 0 Å². The minimum Gasteiger partial charge on any atom is -0.327 e. The van der Waals surface area contributed by atoms with Gasteiger partial charge >= 0.3 is 0 Å². The van der Waals surface area contributed by atoms with Gasteiger partial charge in [0.2, 0.25) is 5.91 Å². The van der Waals surface area contributed by atoms with Crippen LogP contribution in [0.25, 0.3) is 0 Å². The number of nitro benzene ring substituents is 1. The normalized spacial score (nSPS) is 25.4. The third-order valence-corrected chi connectivity index (χ3v) is 4.19. The monoisotopic (exact) mass is 297 g/mol. The Balaban J connectivity index is 2.28. The Morgan fingerprint density at radius 3 is 2.85 bits per heavy atom. The van der Waals surface area contributed by atoms with E-state index in [-0.39, 0.29) is 23.3 Å². The van der Waals surface area contributed by atoms with Crippen LogP contribution in [0.4, 0.5) is 11.4 Å². The van der Waals surface area contributed by atoms with Gasteiger partial charge in [0.15, 0.2) is 0 Å². The zero-order chi connectivity index (χ0) is 14.9. The number of nitrogens with zero attached hydrogens (tertiary/aromatic N) is 1. The summed E-state index contributed by atoms with van der Waals surface area (Å²) in [6, 6.07) is 3.83. The fraction of sp³-hybridized carbons (Fsp3) is 0.462. The first-order valence-electron chi connectivity index (χ1n) is 6.35. The van der Waals surface area contributed by atoms with Gasteiger partial charge in [0.25, 0.3) is 5.69 Å². The summed E-state index contributed by atoms with van der Waals surface area (Å²) in [5.74, 6) is -0.298. The molecule has 2 rings (SSSR count). The summed E-state index contributed by atoms with van der Waals surface area (Å²) in [7, 11) is 0. The predicted molar refractivity (Wildman–Crippen MR) is 76.7 cm³/mol. The van der Waals surface area contributed by atoms with Gasteiger partial charge in [-0.3, -0.25) is 14.9 Å². The molecular weight excluding hydrogens is 282 g/mol. The Morgan fingerprint density at radius 1 is 1.60 bits per heavy atom. The standard InChI is InChI=1S/C13H16ClN3O3/c1-13(6-2-3-11(13)15)12(18)16-9-7-8(14)4-5-10(9)17(19)20/h4-5,7,11H,2-3,6,15H2,1H3,(H,16,18). The average Bonchev–Trinajstić information content (AvgIpc) is 2.70. The summed E-state index contributed by atoms with van der Waals surface area (Å²) in [4.78, 5) is 22.8. The second kappa shape index (κ2) is 5.38. The van der Waals surface area contributed by atoms with Crippen molar-refractivity contribution in [2.45, 2.75) is 32.2 Å². The molecule has 6 nitrogen and oxygen atoms in total. The molecule has 7 heteroatoms. The lowest BCUT2D eigenvalue weighted by Gasteiger charge is -2.27. The lowest BCUT2D eigenvalue weighted by Crippen LogP contribution is -2.44. The lowest BCUT2D eigenvalue weighted by atomic mass is 9.84. The highest BCUT2D eigenvalue weighted by Gasteiger charge is 2.43. The smallest absolute Gasteiger partial charge is 0.292 e. The van der Waals surface area contributed by atoms with Crippen LogP contribution in [0.3, 0.4) is 0 Å². The number of carbonyl (C=O) groups excluding carboxylic acids is 1. The van der Waals surface area contributed by atoms with Crippen LogP contribution in [0.5, 0.6) is 0 Å². The Kier molecular flexibility index (Phi) is 3.96. The van der Waals surface area contributed by atoms with Crippen LogP contribution in [0.15, 0.2) is 18.2 Å². The lowest BCUT2D eigenvalue weighted by molar-refractivity contribution is -0.383. The van der Waals surface area contributed by atoms with Crippen LogP contribution in [0.2, 0.25) is 5.02 Å². The number of amides is 1. The number of hydrogen-bond acceptors (Lipinski definition) is 4. The molecule has 3 N–H and O–H groups in total. The van der Waals surface area contributed by atoms with E-state index in [0.29, 0.717) is 11.4 Å². The molecule has 0 heterocycles. The maximum absolute atomic E-state index is 12.4. The zero-order valence-electron chi connectivity index (χ0n) is 11.1. The van der Waals surface area contributed by atoms with E-state index in [0.717, 1.165) is 12.8 Å². The van der Waals surface area contributed by atoms with Crippen LogP contribution in [-0.2, 0) is 4.79 Å². The molecule has 1 aromatic rings. The van der Waals surface area contributed by atoms with Gasteiger partial charge in [-0.1, -0.05) is 18.0 Å². The minimum absolute atomic E-state index is 0.104. The number of nitrogens with two attached hydrogens (primary N) is 1. The van der Waals surface area contributed by atoms with Gasteiger partial charge in [-0.25, -0.2) is 0 Å². The zero-order valence-corrected chi connectivity index (χ0v) is 11.8. The third kappa shape index (κ3) is 2.62. The molecule has 20 heavy (non-hydrogen) atoms. The highest BCUT2D eigenvalue weighted by molar-refractivity contribution is 6.31. The van der Waals surface area contributed by atoms with Crippen molar-refractivity contribution in [3.05, 3.63) is 33.3 Å². The molecular formula is C13H16ClN3O3. The summed E-state index contributed by atoms with van der Waals surface area (Å²) in [6.45, 7) is 1.79. The Morgan fingerprint density at radius 2 is 2.30 bits per heavy atom. The number of benzene rings is 1. The highest BCUT2D eigenvalue weighted by atomic mass is 35.5. The van der Waals surface area contributed by atoms with Crippen LogP contribution in [0.1, 0.15) is 26.2 Å². The molecule has 0 aromatic heterocycles. The topological polar surface area (TPSA) is 98.3 Å². The molecule has 0 saturated heterocycles. The summed E-state index contributed by atoms with van der Waals surface area (Å²) < 4.78 is 0. The number of nitro groups is 1. The molecule has 1 aliphatic rings. The number of nitrogens with one attached hydrogen (secondary N) is 1. The SMILES string of the molecule is CC1(C(=O)Nc2cc(Cl)ccc2[N+](=O)[O-])CCCC1N. The van der Waals surface area contributed by atoms with Crippen molar-refractivity contribution < 1.29 is 9.72 Å². The van der Waals surface area contributed by atoms with E-state index in [2.05, 4.69) is 5.32 Å². The van der Waals surface area contributed by atoms with E-state index >= 15 is 0 Å². The van der Waals surface area contributed by atoms with Crippen LogP contribution < -0.4 is 11.1 Å². The number of anilines is 1. The van der Waals surface area contributed by atoms with Crippen LogP contribution >= 0.6 is 11.6 Å². The van der Waals surface area contributed by atoms with Gasteiger partial charge in [-0.15, -0.1) is 0 Å². The van der Waals surface area contributed by atoms with Crippen LogP contribution in [0, 0.1) is 15.5 Å². The van der Waals surface area contributed by atoms with E-state index in [4.69, 9.17) is 17.3 Å². The Labute approximate surface area is 121 Å². The van der Waals surface area contributed by atoms with Gasteiger partial charge < -0.3 is 11.1 Å². The fourth-order valence-corrected chi connectivity index (χ4v) is 2.68. The molecule has 1 aliphatic carbocycles. The van der Waals surface area contributed by atoms with Crippen molar-refractivity contribution in [1.29, 1.82) is 0 Å². The van der Waals surface area contributed by atoms with Gasteiger partial charge in [0, 0.05) is 17.1 Å². The highest BCUT2D eigenvalue weighted by Crippen LogP contribution is 2.38. The summed E-state index contributed by atoms with van der Waals surface area (Å²) >= 11 is 5.83. The van der Waals surface area contributed by atoms with E-state index in [9.17, 15) is 14.9 Å². The minimum atomic E-state index is -0.698. The fourth-order valence-electron chi connectivity index (χ4n) is 2.51. The van der Waals surface area contributed by atoms with Gasteiger partial charge in [0.1, 0.15) is 5.69 Å². The predicted octanol–water partition coefficient (Wildman–Crippen LogP) is 2.70. The van der Waals surface area contributed by atoms with Gasteiger partial charge in [-0.2, -0.15) is 0 Å². The maximum atomic E-state index is 12.4. The first kappa shape index (κ1) is 14.7. The molecule has 0 bridgehead atoms. The number of rotatable bonds is 3. The summed E-state index contributed by atoms with van der Waals surface area (Å²) in [5, 5.41) is 13.9. The molecule has 0 radical (unpaired) electrons. The largest absolute Gasteiger partial charge is 0.327 e. The average molecular weight is 298 g/mol. The third-order valence-electron chi connectivity index (χ3n) is 3.95. The summed E-state index contributed by atoms with van der Waals surface area (Å²) in [5.41, 5.74) is 5.20. The molecule has 1 saturated carbocycles. The first-order valence-corrected chi connectivity index (χ1v) is 6.73. The number of carbonyl (C=O) groups is 1. The quantitative estimate of drug-likeness (QED) is 0.662. The van der Waals surface area contributed by atoms with E-state index in [1.54, 1.807) is 6.92 Å². The first-order chi connectivity index (χ1) is 9.34. The van der Waals surface area contributed by atoms with Crippen molar-refractivity contribution in [2.24, 2.45) is 11.1 Å². The molecule has 1 aromatic carbocycles. The second-order valence-electron chi connectivity index (χ2n) is 5.29. The molecule has 0 spiro atoms. The second-order valence-corrected chi connectivity index (χ2v) is 5.73. The Hall–Kier alpha value is -1.66.